The van der Waals surface area contributed by atoms with E-state index in [1.807, 2.05) is 19.1 Å². The minimum atomic E-state index is -0.437. The lowest BCUT2D eigenvalue weighted by Crippen LogP contribution is -2.06. The van der Waals surface area contributed by atoms with E-state index in [1.165, 1.54) is 20.1 Å². The average molecular weight is 330 g/mol. The number of anilines is 1. The van der Waals surface area contributed by atoms with Crippen molar-refractivity contribution >= 4 is 17.3 Å². The number of carbonyl (C=O) groups excluding carboxylic acids is 1. The van der Waals surface area contributed by atoms with Gasteiger partial charge >= 0.3 is 0 Å². The SMILES string of the molecule is COc1ccc(CO/N=C(\C)c2ccc(NC(C)=O)cc2)cc1F. The molecule has 0 aliphatic carbocycles. The first-order valence-corrected chi connectivity index (χ1v) is 7.36. The summed E-state index contributed by atoms with van der Waals surface area (Å²) in [5.41, 5.74) is 2.92. The van der Waals surface area contributed by atoms with Crippen LogP contribution in [0.4, 0.5) is 10.1 Å². The summed E-state index contributed by atoms with van der Waals surface area (Å²) >= 11 is 0. The van der Waals surface area contributed by atoms with E-state index in [0.717, 1.165) is 5.56 Å². The molecule has 0 saturated carbocycles. The highest BCUT2D eigenvalue weighted by Gasteiger charge is 2.04. The van der Waals surface area contributed by atoms with Crippen LogP contribution in [-0.2, 0) is 16.2 Å². The van der Waals surface area contributed by atoms with Gasteiger partial charge in [0.15, 0.2) is 11.6 Å². The second-order valence-corrected chi connectivity index (χ2v) is 5.18. The van der Waals surface area contributed by atoms with Crippen molar-refractivity contribution in [3.63, 3.8) is 0 Å². The minimum Gasteiger partial charge on any atom is -0.494 e. The fourth-order valence-electron chi connectivity index (χ4n) is 2.05. The summed E-state index contributed by atoms with van der Waals surface area (Å²) in [6.07, 6.45) is 0. The topological polar surface area (TPSA) is 59.9 Å². The van der Waals surface area contributed by atoms with E-state index in [-0.39, 0.29) is 18.3 Å². The van der Waals surface area contributed by atoms with Gasteiger partial charge in [-0.1, -0.05) is 23.4 Å². The maximum Gasteiger partial charge on any atom is 0.221 e. The number of carbonyl (C=O) groups is 1. The van der Waals surface area contributed by atoms with Crippen molar-refractivity contribution in [3.8, 4) is 5.75 Å². The Morgan fingerprint density at radius 1 is 1.17 bits per heavy atom. The molecule has 6 heteroatoms. The van der Waals surface area contributed by atoms with Gasteiger partial charge in [-0.2, -0.15) is 0 Å². The normalized spacial score (nSPS) is 11.1. The van der Waals surface area contributed by atoms with Gasteiger partial charge in [0, 0.05) is 12.6 Å². The third kappa shape index (κ3) is 4.81. The van der Waals surface area contributed by atoms with E-state index in [4.69, 9.17) is 9.57 Å². The predicted molar refractivity (Wildman–Crippen MR) is 90.7 cm³/mol. The fourth-order valence-corrected chi connectivity index (χ4v) is 2.05. The van der Waals surface area contributed by atoms with Crippen molar-refractivity contribution in [1.82, 2.24) is 0 Å². The van der Waals surface area contributed by atoms with E-state index in [2.05, 4.69) is 10.5 Å². The first kappa shape index (κ1) is 17.5. The van der Waals surface area contributed by atoms with Gasteiger partial charge in [-0.15, -0.1) is 0 Å². The largest absolute Gasteiger partial charge is 0.494 e. The van der Waals surface area contributed by atoms with Gasteiger partial charge in [0.1, 0.15) is 6.61 Å². The smallest absolute Gasteiger partial charge is 0.221 e. The molecule has 0 unspecified atom stereocenters. The van der Waals surface area contributed by atoms with Crippen LogP contribution in [0.25, 0.3) is 0 Å². The Bertz CT molecular complexity index is 742. The molecule has 0 bridgehead atoms. The van der Waals surface area contributed by atoms with Crippen LogP contribution in [0.5, 0.6) is 5.75 Å². The van der Waals surface area contributed by atoms with Crippen LogP contribution in [0, 0.1) is 5.82 Å². The number of nitrogens with one attached hydrogen (secondary N) is 1. The van der Waals surface area contributed by atoms with Gasteiger partial charge in [0.25, 0.3) is 0 Å². The quantitative estimate of drug-likeness (QED) is 0.648. The molecule has 0 aliphatic heterocycles. The van der Waals surface area contributed by atoms with Crippen LogP contribution in [0.1, 0.15) is 25.0 Å². The third-order valence-corrected chi connectivity index (χ3v) is 3.27. The molecule has 2 aromatic rings. The zero-order valence-electron chi connectivity index (χ0n) is 13.8. The van der Waals surface area contributed by atoms with Gasteiger partial charge in [-0.05, 0) is 42.3 Å². The Labute approximate surface area is 140 Å². The van der Waals surface area contributed by atoms with Crippen molar-refractivity contribution in [2.24, 2.45) is 5.16 Å². The van der Waals surface area contributed by atoms with Gasteiger partial charge in [-0.3, -0.25) is 4.79 Å². The number of hydrogen-bond acceptors (Lipinski definition) is 4. The van der Waals surface area contributed by atoms with Gasteiger partial charge in [0.05, 0.1) is 12.8 Å². The number of halogens is 1. The summed E-state index contributed by atoms with van der Waals surface area (Å²) in [4.78, 5) is 16.3. The standard InChI is InChI=1S/C18H19FN2O3/c1-12(15-5-7-16(8-6-15)20-13(2)22)21-24-11-14-4-9-18(23-3)17(19)10-14/h4-10H,11H2,1-3H3,(H,20,22)/b21-12+. The molecule has 0 atom stereocenters. The molecule has 24 heavy (non-hydrogen) atoms. The Balaban J connectivity index is 1.96. The lowest BCUT2D eigenvalue weighted by molar-refractivity contribution is -0.114. The van der Waals surface area contributed by atoms with Crippen LogP contribution in [0.2, 0.25) is 0 Å². The highest BCUT2D eigenvalue weighted by atomic mass is 19.1. The molecule has 5 nitrogen and oxygen atoms in total. The van der Waals surface area contributed by atoms with Crippen LogP contribution < -0.4 is 10.1 Å². The van der Waals surface area contributed by atoms with Crippen molar-refractivity contribution in [2.45, 2.75) is 20.5 Å². The summed E-state index contributed by atoms with van der Waals surface area (Å²) in [6, 6.07) is 11.9. The summed E-state index contributed by atoms with van der Waals surface area (Å²) in [6.45, 7) is 3.42. The van der Waals surface area contributed by atoms with E-state index in [1.54, 1.807) is 24.3 Å². The maximum absolute atomic E-state index is 13.6. The number of nitrogens with zero attached hydrogens (tertiary/aromatic N) is 1. The Morgan fingerprint density at radius 3 is 2.46 bits per heavy atom. The number of rotatable bonds is 6. The number of benzene rings is 2. The fraction of sp³-hybridized carbons (Fsp3) is 0.222. The average Bonchev–Trinajstić information content (AvgIpc) is 2.55. The monoisotopic (exact) mass is 330 g/mol. The minimum absolute atomic E-state index is 0.122. The molecule has 0 saturated heterocycles. The number of oxime groups is 1. The molecule has 0 aliphatic rings. The molecule has 0 radical (unpaired) electrons. The third-order valence-electron chi connectivity index (χ3n) is 3.27. The second kappa shape index (κ2) is 8.10. The lowest BCUT2D eigenvalue weighted by Gasteiger charge is -2.06. The summed E-state index contributed by atoms with van der Waals surface area (Å²) in [7, 11) is 1.42. The number of ether oxygens (including phenoxy) is 1. The van der Waals surface area contributed by atoms with Crippen LogP contribution in [0.3, 0.4) is 0 Å². The van der Waals surface area contributed by atoms with Crippen LogP contribution in [-0.4, -0.2) is 18.7 Å². The molecule has 126 valence electrons. The molecule has 0 aromatic heterocycles. The van der Waals surface area contributed by atoms with Crippen molar-refractivity contribution in [2.75, 3.05) is 12.4 Å². The number of amides is 1. The Hall–Kier alpha value is -2.89. The van der Waals surface area contributed by atoms with Crippen molar-refractivity contribution < 1.29 is 18.8 Å². The maximum atomic E-state index is 13.6. The zero-order valence-corrected chi connectivity index (χ0v) is 13.8. The predicted octanol–water partition coefficient (Wildman–Crippen LogP) is 3.73. The second-order valence-electron chi connectivity index (χ2n) is 5.18. The number of hydrogen-bond donors (Lipinski definition) is 1. The first-order valence-electron chi connectivity index (χ1n) is 7.36. The van der Waals surface area contributed by atoms with E-state index >= 15 is 0 Å². The number of methoxy groups -OCH3 is 1. The van der Waals surface area contributed by atoms with E-state index in [9.17, 15) is 9.18 Å². The molecule has 0 spiro atoms. The molecule has 2 rings (SSSR count). The van der Waals surface area contributed by atoms with E-state index in [0.29, 0.717) is 17.0 Å². The van der Waals surface area contributed by atoms with Crippen LogP contribution in [0.15, 0.2) is 47.6 Å². The molecule has 1 amide bonds. The first-order chi connectivity index (χ1) is 11.5. The summed E-state index contributed by atoms with van der Waals surface area (Å²) < 4.78 is 18.4. The molecular weight excluding hydrogens is 311 g/mol. The summed E-state index contributed by atoms with van der Waals surface area (Å²) in [5, 5.41) is 6.72. The molecule has 2 aromatic carbocycles. The highest BCUT2D eigenvalue weighted by Crippen LogP contribution is 2.18. The van der Waals surface area contributed by atoms with Gasteiger partial charge in [0.2, 0.25) is 5.91 Å². The Morgan fingerprint density at radius 2 is 1.88 bits per heavy atom. The molecular formula is C18H19FN2O3. The lowest BCUT2D eigenvalue weighted by atomic mass is 10.1. The molecule has 1 N–H and O–H groups in total. The van der Waals surface area contributed by atoms with Crippen molar-refractivity contribution in [1.29, 1.82) is 0 Å². The van der Waals surface area contributed by atoms with E-state index < -0.39 is 5.82 Å². The van der Waals surface area contributed by atoms with Gasteiger partial charge in [-0.25, -0.2) is 4.39 Å². The molecule has 0 heterocycles. The highest BCUT2D eigenvalue weighted by molar-refractivity contribution is 5.99. The van der Waals surface area contributed by atoms with Gasteiger partial charge < -0.3 is 14.9 Å². The zero-order chi connectivity index (χ0) is 17.5. The Kier molecular flexibility index (Phi) is 5.89. The summed E-state index contributed by atoms with van der Waals surface area (Å²) in [5.74, 6) is -0.367. The van der Waals surface area contributed by atoms with Crippen molar-refractivity contribution in [3.05, 3.63) is 59.4 Å². The molecule has 0 fully saturated rings. The van der Waals surface area contributed by atoms with Crippen LogP contribution >= 0.6 is 0 Å².